The van der Waals surface area contributed by atoms with Gasteiger partial charge in [-0.05, 0) is 44.9 Å². The van der Waals surface area contributed by atoms with Crippen LogP contribution in [0, 0.1) is 0 Å². The summed E-state index contributed by atoms with van der Waals surface area (Å²) in [4.78, 5) is 4.54. The van der Waals surface area contributed by atoms with Gasteiger partial charge in [0.15, 0.2) is 12.6 Å². The first kappa shape index (κ1) is 35.4. The normalized spacial score (nSPS) is 18.2. The van der Waals surface area contributed by atoms with Gasteiger partial charge in [0.05, 0.1) is 13.1 Å². The molecule has 0 aromatic heterocycles. The van der Waals surface area contributed by atoms with Crippen molar-refractivity contribution in [1.82, 2.24) is 0 Å². The van der Waals surface area contributed by atoms with Crippen molar-refractivity contribution in [3.05, 3.63) is 12.2 Å². The molecule has 1 aliphatic heterocycles. The lowest BCUT2D eigenvalue weighted by molar-refractivity contribution is -0.880. The average Bonchev–Trinajstić information content (AvgIpc) is 3.41. The minimum atomic E-state index is -0.247. The molecular weight excluding hydrogens is 464 g/mol. The first-order valence-electron chi connectivity index (χ1n) is 17.5. The number of allylic oxidation sites excluding steroid dienone is 2. The van der Waals surface area contributed by atoms with Crippen molar-refractivity contribution in [2.45, 2.75) is 187 Å². The van der Waals surface area contributed by atoms with Gasteiger partial charge < -0.3 is 5.11 Å². The summed E-state index contributed by atoms with van der Waals surface area (Å²) in [5.41, 5.74) is 0. The zero-order chi connectivity index (χ0) is 27.4. The van der Waals surface area contributed by atoms with Crippen LogP contribution in [0.15, 0.2) is 17.1 Å². The molecule has 1 N–H and O–H groups in total. The lowest BCUT2D eigenvalue weighted by Crippen LogP contribution is -2.54. The summed E-state index contributed by atoms with van der Waals surface area (Å²) in [5.74, 6) is 0. The topological polar surface area (TPSA) is 32.6 Å². The smallest absolute Gasteiger partial charge is 0.196 e. The van der Waals surface area contributed by atoms with Crippen LogP contribution in [0.3, 0.4) is 0 Å². The highest BCUT2D eigenvalue weighted by atomic mass is 16.3. The minimum absolute atomic E-state index is 0.247. The highest BCUT2D eigenvalue weighted by Gasteiger charge is 2.36. The largest absolute Gasteiger partial charge is 0.344 e. The third kappa shape index (κ3) is 19.4. The number of hydrogen-bond donors (Lipinski definition) is 1. The molecule has 0 aromatic carbocycles. The van der Waals surface area contributed by atoms with Crippen molar-refractivity contribution < 1.29 is 9.59 Å². The molecule has 224 valence electrons. The van der Waals surface area contributed by atoms with Gasteiger partial charge in [0.1, 0.15) is 6.54 Å². The van der Waals surface area contributed by atoms with E-state index in [0.717, 1.165) is 30.5 Å². The lowest BCUT2D eigenvalue weighted by Gasteiger charge is -2.35. The van der Waals surface area contributed by atoms with E-state index in [0.29, 0.717) is 0 Å². The SMILES string of the molecule is CCCCCCCC/C=C\CCCCCCCC[N+]1(C(O)CCCCCCCCCCCCC)C=NCC1. The fraction of sp³-hybridized carbons (Fsp3) is 0.914. The monoisotopic (exact) mass is 534 g/mol. The van der Waals surface area contributed by atoms with Gasteiger partial charge in [0, 0.05) is 6.42 Å². The Morgan fingerprint density at radius 3 is 1.47 bits per heavy atom. The Kier molecular flexibility index (Phi) is 24.7. The number of aliphatic hydroxyl groups excluding tert-OH is 1. The molecule has 1 heterocycles. The van der Waals surface area contributed by atoms with Crippen LogP contribution in [0.2, 0.25) is 0 Å². The van der Waals surface area contributed by atoms with E-state index in [-0.39, 0.29) is 6.23 Å². The molecule has 38 heavy (non-hydrogen) atoms. The molecule has 0 amide bonds. The maximum absolute atomic E-state index is 11.0. The van der Waals surface area contributed by atoms with E-state index < -0.39 is 0 Å². The molecule has 3 nitrogen and oxygen atoms in total. The Hall–Kier alpha value is -0.670. The Labute approximate surface area is 239 Å². The number of unbranched alkanes of at least 4 members (excludes halogenated alkanes) is 22. The second-order valence-corrected chi connectivity index (χ2v) is 12.3. The van der Waals surface area contributed by atoms with Crippen molar-refractivity contribution in [3.63, 3.8) is 0 Å². The molecular formula is C35H69N2O+. The van der Waals surface area contributed by atoms with Gasteiger partial charge in [-0.25, -0.2) is 4.99 Å². The number of aliphatic hydroxyl groups is 1. The van der Waals surface area contributed by atoms with E-state index in [1.54, 1.807) is 0 Å². The molecule has 0 saturated heterocycles. The molecule has 2 unspecified atom stereocenters. The van der Waals surface area contributed by atoms with E-state index in [9.17, 15) is 5.11 Å². The van der Waals surface area contributed by atoms with Gasteiger partial charge in [-0.15, -0.1) is 0 Å². The minimum Gasteiger partial charge on any atom is -0.344 e. The molecule has 1 rings (SSSR count). The fourth-order valence-corrected chi connectivity index (χ4v) is 5.97. The highest BCUT2D eigenvalue weighted by Crippen LogP contribution is 2.22. The van der Waals surface area contributed by atoms with Crippen LogP contribution in [-0.2, 0) is 0 Å². The molecule has 0 aliphatic carbocycles. The molecule has 0 spiro atoms. The molecule has 1 aliphatic rings. The molecule has 2 atom stereocenters. The van der Waals surface area contributed by atoms with Crippen LogP contribution in [0.25, 0.3) is 0 Å². The van der Waals surface area contributed by atoms with Gasteiger partial charge in [0.25, 0.3) is 0 Å². The predicted molar refractivity (Wildman–Crippen MR) is 170 cm³/mol. The predicted octanol–water partition coefficient (Wildman–Crippen LogP) is 10.9. The van der Waals surface area contributed by atoms with E-state index >= 15 is 0 Å². The summed E-state index contributed by atoms with van der Waals surface area (Å²) in [6.45, 7) is 7.54. The Morgan fingerprint density at radius 1 is 0.605 bits per heavy atom. The van der Waals surface area contributed by atoms with Crippen LogP contribution in [0.5, 0.6) is 0 Å². The highest BCUT2D eigenvalue weighted by molar-refractivity contribution is 5.48. The van der Waals surface area contributed by atoms with Crippen LogP contribution in [0.1, 0.15) is 181 Å². The molecule has 0 fully saturated rings. The molecule has 3 heteroatoms. The quantitative estimate of drug-likeness (QED) is 0.0578. The molecule has 0 bridgehead atoms. The maximum Gasteiger partial charge on any atom is 0.196 e. The zero-order valence-corrected chi connectivity index (χ0v) is 26.2. The van der Waals surface area contributed by atoms with Gasteiger partial charge >= 0.3 is 0 Å². The first-order chi connectivity index (χ1) is 18.7. The fourth-order valence-electron chi connectivity index (χ4n) is 5.97. The summed E-state index contributed by atoms with van der Waals surface area (Å²) >= 11 is 0. The summed E-state index contributed by atoms with van der Waals surface area (Å²) in [5, 5.41) is 11.0. The Morgan fingerprint density at radius 2 is 1.03 bits per heavy atom. The summed E-state index contributed by atoms with van der Waals surface area (Å²) in [7, 11) is 0. The van der Waals surface area contributed by atoms with Crippen LogP contribution < -0.4 is 0 Å². The van der Waals surface area contributed by atoms with E-state index in [1.807, 2.05) is 0 Å². The van der Waals surface area contributed by atoms with Gasteiger partial charge in [-0.2, -0.15) is 0 Å². The number of rotatable bonds is 29. The molecule has 0 saturated carbocycles. The Balaban J connectivity index is 1.98. The van der Waals surface area contributed by atoms with Gasteiger partial charge in [0.2, 0.25) is 0 Å². The van der Waals surface area contributed by atoms with Crippen molar-refractivity contribution >= 4 is 6.34 Å². The number of quaternary nitrogens is 1. The lowest BCUT2D eigenvalue weighted by atomic mass is 10.0. The van der Waals surface area contributed by atoms with Crippen molar-refractivity contribution in [2.24, 2.45) is 4.99 Å². The summed E-state index contributed by atoms with van der Waals surface area (Å²) < 4.78 is 0.737. The first-order valence-corrected chi connectivity index (χ1v) is 17.5. The molecule has 0 radical (unpaired) electrons. The second-order valence-electron chi connectivity index (χ2n) is 12.3. The van der Waals surface area contributed by atoms with Crippen LogP contribution in [-0.4, -0.2) is 41.8 Å². The van der Waals surface area contributed by atoms with Gasteiger partial charge in [-0.3, -0.25) is 4.48 Å². The van der Waals surface area contributed by atoms with E-state index in [4.69, 9.17) is 0 Å². The van der Waals surface area contributed by atoms with Crippen molar-refractivity contribution in [3.8, 4) is 0 Å². The number of aliphatic imine (C=N–C) groups is 1. The second kappa shape index (κ2) is 26.5. The average molecular weight is 534 g/mol. The summed E-state index contributed by atoms with van der Waals surface area (Å²) in [6.07, 6.45) is 41.5. The molecule has 0 aromatic rings. The van der Waals surface area contributed by atoms with Crippen molar-refractivity contribution in [1.29, 1.82) is 0 Å². The van der Waals surface area contributed by atoms with Crippen LogP contribution >= 0.6 is 0 Å². The number of hydrogen-bond acceptors (Lipinski definition) is 2. The van der Waals surface area contributed by atoms with Crippen molar-refractivity contribution in [2.75, 3.05) is 19.6 Å². The maximum atomic E-state index is 11.0. The van der Waals surface area contributed by atoms with Gasteiger partial charge in [-0.1, -0.05) is 142 Å². The standard InChI is InChI=1S/C35H69N2O/c1-3-5-7-9-11-13-15-16-17-18-19-21-23-25-27-29-32-37(33-31-36-34-37)35(38)30-28-26-24-22-20-14-12-10-8-6-4-2/h16-17,34-35,38H,3-15,18-33H2,1-2H3/q+1/b17-16-. The summed E-state index contributed by atoms with van der Waals surface area (Å²) in [6, 6.07) is 0. The van der Waals surface area contributed by atoms with E-state index in [2.05, 4.69) is 37.3 Å². The third-order valence-corrected chi connectivity index (χ3v) is 8.70. The zero-order valence-electron chi connectivity index (χ0n) is 26.2. The van der Waals surface area contributed by atoms with Crippen LogP contribution in [0.4, 0.5) is 0 Å². The Bertz CT molecular complexity index is 546. The van der Waals surface area contributed by atoms with E-state index in [1.165, 1.54) is 161 Å². The third-order valence-electron chi connectivity index (χ3n) is 8.70. The number of nitrogens with zero attached hydrogens (tertiary/aromatic N) is 2.